The van der Waals surface area contributed by atoms with Crippen LogP contribution in [0, 0.1) is 0 Å². The Hall–Kier alpha value is -2.64. The van der Waals surface area contributed by atoms with Crippen LogP contribution in [0.3, 0.4) is 0 Å². The van der Waals surface area contributed by atoms with Crippen LogP contribution in [0.25, 0.3) is 0 Å². The standard InChI is InChI=1S/C18H16Cl2N2O5/c1-10(23)12-4-3-5-14(6-12)26-9-16(24)27-11(2)18(25)22-17-15(20)7-13(19)8-21-17/h3-8,11H,9H2,1-2H3,(H,21,22,25)/t11-/m1/s1. The molecule has 27 heavy (non-hydrogen) atoms. The number of pyridine rings is 1. The summed E-state index contributed by atoms with van der Waals surface area (Å²) >= 11 is 11.7. The molecule has 1 heterocycles. The van der Waals surface area contributed by atoms with E-state index in [4.69, 9.17) is 32.7 Å². The molecule has 1 amide bonds. The Morgan fingerprint density at radius 1 is 1.22 bits per heavy atom. The minimum atomic E-state index is -1.10. The van der Waals surface area contributed by atoms with E-state index in [-0.39, 0.29) is 16.6 Å². The van der Waals surface area contributed by atoms with Gasteiger partial charge in [-0.2, -0.15) is 0 Å². The highest BCUT2D eigenvalue weighted by Crippen LogP contribution is 2.22. The van der Waals surface area contributed by atoms with Crippen LogP contribution in [0.15, 0.2) is 36.5 Å². The van der Waals surface area contributed by atoms with E-state index in [2.05, 4.69) is 10.3 Å². The van der Waals surface area contributed by atoms with E-state index in [1.165, 1.54) is 32.2 Å². The molecule has 0 aliphatic rings. The van der Waals surface area contributed by atoms with Crippen molar-refractivity contribution in [3.05, 3.63) is 52.1 Å². The average Bonchev–Trinajstić information content (AvgIpc) is 2.62. The smallest absolute Gasteiger partial charge is 0.344 e. The van der Waals surface area contributed by atoms with Crippen molar-refractivity contribution in [3.63, 3.8) is 0 Å². The van der Waals surface area contributed by atoms with Gasteiger partial charge in [0.1, 0.15) is 5.75 Å². The zero-order valence-corrected chi connectivity index (χ0v) is 16.0. The zero-order valence-electron chi connectivity index (χ0n) is 14.5. The molecule has 0 spiro atoms. The van der Waals surface area contributed by atoms with Gasteiger partial charge in [0, 0.05) is 11.8 Å². The highest BCUT2D eigenvalue weighted by molar-refractivity contribution is 6.36. The molecule has 0 bridgehead atoms. The number of amides is 1. The number of hydrogen-bond donors (Lipinski definition) is 1. The van der Waals surface area contributed by atoms with Crippen LogP contribution >= 0.6 is 23.2 Å². The van der Waals surface area contributed by atoms with Crippen LogP contribution in [0.1, 0.15) is 24.2 Å². The van der Waals surface area contributed by atoms with Crippen molar-refractivity contribution in [3.8, 4) is 5.75 Å². The number of halogens is 2. The van der Waals surface area contributed by atoms with Gasteiger partial charge in [0.2, 0.25) is 0 Å². The summed E-state index contributed by atoms with van der Waals surface area (Å²) in [5.74, 6) is -1.04. The third-order valence-electron chi connectivity index (χ3n) is 3.32. The van der Waals surface area contributed by atoms with Crippen molar-refractivity contribution in [1.82, 2.24) is 4.98 Å². The van der Waals surface area contributed by atoms with Gasteiger partial charge in [0.25, 0.3) is 5.91 Å². The summed E-state index contributed by atoms with van der Waals surface area (Å²) in [6.45, 7) is 2.40. The second-order valence-electron chi connectivity index (χ2n) is 5.48. The predicted octanol–water partition coefficient (Wildman–Crippen LogP) is 3.54. The molecule has 1 aromatic heterocycles. The molecular weight excluding hydrogens is 395 g/mol. The second-order valence-corrected chi connectivity index (χ2v) is 6.32. The first-order chi connectivity index (χ1) is 12.8. The molecule has 0 unspecified atom stereocenters. The lowest BCUT2D eigenvalue weighted by atomic mass is 10.1. The number of nitrogens with zero attached hydrogens (tertiary/aromatic N) is 1. The van der Waals surface area contributed by atoms with Gasteiger partial charge in [-0.25, -0.2) is 9.78 Å². The maximum atomic E-state index is 12.1. The van der Waals surface area contributed by atoms with Crippen molar-refractivity contribution in [2.24, 2.45) is 0 Å². The highest BCUT2D eigenvalue weighted by Gasteiger charge is 2.20. The molecule has 2 aromatic rings. The maximum Gasteiger partial charge on any atom is 0.344 e. The van der Waals surface area contributed by atoms with Crippen LogP contribution in [-0.2, 0) is 14.3 Å². The van der Waals surface area contributed by atoms with Gasteiger partial charge in [-0.05, 0) is 32.0 Å². The van der Waals surface area contributed by atoms with E-state index >= 15 is 0 Å². The van der Waals surface area contributed by atoms with E-state index in [1.54, 1.807) is 18.2 Å². The third kappa shape index (κ3) is 6.23. The maximum absolute atomic E-state index is 12.1. The van der Waals surface area contributed by atoms with E-state index < -0.39 is 24.6 Å². The Morgan fingerprint density at radius 3 is 2.63 bits per heavy atom. The second kappa shape index (κ2) is 9.34. The largest absolute Gasteiger partial charge is 0.482 e. The number of ether oxygens (including phenoxy) is 2. The molecule has 1 aromatic carbocycles. The van der Waals surface area contributed by atoms with Crippen LogP contribution in [0.2, 0.25) is 10.0 Å². The SMILES string of the molecule is CC(=O)c1cccc(OCC(=O)O[C@H](C)C(=O)Nc2ncc(Cl)cc2Cl)c1. The molecule has 9 heteroatoms. The predicted molar refractivity (Wildman–Crippen MR) is 100 cm³/mol. The molecule has 0 fully saturated rings. The van der Waals surface area contributed by atoms with Crippen molar-refractivity contribution in [2.75, 3.05) is 11.9 Å². The molecule has 142 valence electrons. The number of anilines is 1. The van der Waals surface area contributed by atoms with Crippen LogP contribution in [-0.4, -0.2) is 35.4 Å². The number of hydrogen-bond acceptors (Lipinski definition) is 6. The Morgan fingerprint density at radius 2 is 1.96 bits per heavy atom. The van der Waals surface area contributed by atoms with Crippen LogP contribution in [0.4, 0.5) is 5.82 Å². The fraction of sp³-hybridized carbons (Fsp3) is 0.222. The minimum absolute atomic E-state index is 0.103. The lowest BCUT2D eigenvalue weighted by Gasteiger charge is -2.14. The molecule has 0 saturated carbocycles. The van der Waals surface area contributed by atoms with E-state index in [9.17, 15) is 14.4 Å². The first-order valence-electron chi connectivity index (χ1n) is 7.81. The van der Waals surface area contributed by atoms with Crippen LogP contribution < -0.4 is 10.1 Å². The highest BCUT2D eigenvalue weighted by atomic mass is 35.5. The Bertz CT molecular complexity index is 873. The molecule has 2 rings (SSSR count). The molecule has 0 aliphatic carbocycles. The summed E-state index contributed by atoms with van der Waals surface area (Å²) in [5, 5.41) is 2.92. The van der Waals surface area contributed by atoms with Crippen molar-refractivity contribution in [2.45, 2.75) is 20.0 Å². The van der Waals surface area contributed by atoms with E-state index in [0.717, 1.165) is 0 Å². The van der Waals surface area contributed by atoms with Gasteiger partial charge < -0.3 is 14.8 Å². The summed E-state index contributed by atoms with van der Waals surface area (Å²) < 4.78 is 10.3. The average molecular weight is 411 g/mol. The first kappa shape index (κ1) is 20.7. The van der Waals surface area contributed by atoms with E-state index in [0.29, 0.717) is 16.3 Å². The van der Waals surface area contributed by atoms with Crippen molar-refractivity contribution >= 4 is 46.7 Å². The number of carbonyl (C=O) groups is 3. The summed E-state index contributed by atoms with van der Waals surface area (Å²) in [7, 11) is 0. The topological polar surface area (TPSA) is 94.6 Å². The van der Waals surface area contributed by atoms with Crippen molar-refractivity contribution < 1.29 is 23.9 Å². The molecule has 1 N–H and O–H groups in total. The zero-order chi connectivity index (χ0) is 20.0. The summed E-state index contributed by atoms with van der Waals surface area (Å²) in [5.41, 5.74) is 0.459. The first-order valence-corrected chi connectivity index (χ1v) is 8.57. The molecule has 1 atom stereocenters. The summed E-state index contributed by atoms with van der Waals surface area (Å²) in [6, 6.07) is 7.81. The molecule has 0 radical (unpaired) electrons. The number of ketones is 1. The fourth-order valence-electron chi connectivity index (χ4n) is 1.96. The van der Waals surface area contributed by atoms with Gasteiger partial charge in [-0.1, -0.05) is 35.3 Å². The Labute approximate surface area is 165 Å². The Kier molecular flexibility index (Phi) is 7.15. The number of aromatic nitrogens is 1. The normalized spacial score (nSPS) is 11.4. The summed E-state index contributed by atoms with van der Waals surface area (Å²) in [6.07, 6.45) is 0.223. The fourth-order valence-corrected chi connectivity index (χ4v) is 2.38. The van der Waals surface area contributed by atoms with E-state index in [1.807, 2.05) is 0 Å². The lowest BCUT2D eigenvalue weighted by Crippen LogP contribution is -2.32. The third-order valence-corrected chi connectivity index (χ3v) is 3.82. The molecule has 0 aliphatic heterocycles. The Balaban J connectivity index is 1.86. The van der Waals surface area contributed by atoms with Gasteiger partial charge in [0.15, 0.2) is 24.3 Å². The van der Waals surface area contributed by atoms with Gasteiger partial charge >= 0.3 is 5.97 Å². The monoisotopic (exact) mass is 410 g/mol. The van der Waals surface area contributed by atoms with Crippen molar-refractivity contribution in [1.29, 1.82) is 0 Å². The molecule has 7 nitrogen and oxygen atoms in total. The number of carbonyl (C=O) groups excluding carboxylic acids is 3. The number of esters is 1. The van der Waals surface area contributed by atoms with Gasteiger partial charge in [-0.15, -0.1) is 0 Å². The van der Waals surface area contributed by atoms with Gasteiger partial charge in [0.05, 0.1) is 10.0 Å². The molecule has 0 saturated heterocycles. The van der Waals surface area contributed by atoms with Crippen LogP contribution in [0.5, 0.6) is 5.75 Å². The lowest BCUT2D eigenvalue weighted by molar-refractivity contribution is -0.155. The minimum Gasteiger partial charge on any atom is -0.482 e. The van der Waals surface area contributed by atoms with Gasteiger partial charge in [-0.3, -0.25) is 9.59 Å². The number of benzene rings is 1. The number of rotatable bonds is 7. The quantitative estimate of drug-likeness (QED) is 0.553. The molecular formula is C18H16Cl2N2O5. The summed E-state index contributed by atoms with van der Waals surface area (Å²) in [4.78, 5) is 39.2. The number of Topliss-reactive ketones (excluding diaryl/α,β-unsaturated/α-hetero) is 1. The number of nitrogens with one attached hydrogen (secondary N) is 1.